The van der Waals surface area contributed by atoms with E-state index in [-0.39, 0.29) is 6.61 Å². The minimum absolute atomic E-state index is 0.233. The molecular weight excluding hydrogens is 120 g/mol. The lowest BCUT2D eigenvalue weighted by Crippen LogP contribution is -2.22. The highest BCUT2D eigenvalue weighted by Gasteiger charge is 1.84. The Labute approximate surface area is 55.0 Å². The van der Waals surface area contributed by atoms with Crippen molar-refractivity contribution in [2.24, 2.45) is 5.90 Å². The molecule has 0 bridgehead atoms. The van der Waals surface area contributed by atoms with Crippen molar-refractivity contribution < 1.29 is 9.94 Å². The fraction of sp³-hybridized carbons (Fsp3) is 1.00. The smallest absolute Gasteiger partial charge is 0.0803 e. The molecule has 0 aromatic carbocycles. The van der Waals surface area contributed by atoms with Gasteiger partial charge < -0.3 is 15.3 Å². The maximum atomic E-state index is 8.33. The van der Waals surface area contributed by atoms with Crippen LogP contribution in [0.5, 0.6) is 0 Å². The van der Waals surface area contributed by atoms with Crippen LogP contribution in [0.15, 0.2) is 0 Å². The van der Waals surface area contributed by atoms with E-state index in [4.69, 9.17) is 11.0 Å². The first-order valence-electron chi connectivity index (χ1n) is 3.05. The van der Waals surface area contributed by atoms with Gasteiger partial charge in [-0.2, -0.15) is 0 Å². The maximum absolute atomic E-state index is 8.33. The number of aliphatic hydroxyl groups is 1. The van der Waals surface area contributed by atoms with E-state index < -0.39 is 0 Å². The Morgan fingerprint density at radius 1 is 1.44 bits per heavy atom. The molecule has 0 aromatic heterocycles. The largest absolute Gasteiger partial charge is 0.396 e. The molecule has 56 valence electrons. The number of hydrogen-bond donors (Lipinski definition) is 3. The quantitative estimate of drug-likeness (QED) is 0.317. The van der Waals surface area contributed by atoms with Gasteiger partial charge in [-0.3, -0.25) is 0 Å². The van der Waals surface area contributed by atoms with E-state index in [1.807, 2.05) is 0 Å². The highest BCUT2D eigenvalue weighted by molar-refractivity contribution is 4.43. The first-order valence-corrected chi connectivity index (χ1v) is 3.05. The topological polar surface area (TPSA) is 67.5 Å². The molecule has 0 rings (SSSR count). The molecule has 0 unspecified atom stereocenters. The molecule has 0 fully saturated rings. The lowest BCUT2D eigenvalue weighted by molar-refractivity contribution is 0.139. The summed E-state index contributed by atoms with van der Waals surface area (Å²) < 4.78 is 0. The Morgan fingerprint density at radius 2 is 2.22 bits per heavy atom. The second-order valence-electron chi connectivity index (χ2n) is 1.70. The first-order chi connectivity index (χ1) is 4.41. The molecule has 4 N–H and O–H groups in total. The molecule has 4 heteroatoms. The van der Waals surface area contributed by atoms with Crippen LogP contribution in [0, 0.1) is 0 Å². The van der Waals surface area contributed by atoms with E-state index >= 15 is 0 Å². The highest BCUT2D eigenvalue weighted by atomic mass is 16.6. The minimum Gasteiger partial charge on any atom is -0.396 e. The second-order valence-corrected chi connectivity index (χ2v) is 1.70. The molecule has 0 heterocycles. The molecule has 9 heavy (non-hydrogen) atoms. The van der Waals surface area contributed by atoms with Crippen LogP contribution in [0.3, 0.4) is 0 Å². The van der Waals surface area contributed by atoms with Crippen LogP contribution in [-0.4, -0.2) is 31.4 Å². The van der Waals surface area contributed by atoms with Gasteiger partial charge in [0.1, 0.15) is 0 Å². The normalized spacial score (nSPS) is 10.0. The minimum atomic E-state index is 0.233. The predicted molar refractivity (Wildman–Crippen MR) is 34.7 cm³/mol. The molecule has 0 aliphatic heterocycles. The second kappa shape index (κ2) is 7.84. The van der Waals surface area contributed by atoms with Crippen LogP contribution in [0.4, 0.5) is 0 Å². The number of nitrogens with two attached hydrogens (primary N) is 1. The van der Waals surface area contributed by atoms with Crippen LogP contribution < -0.4 is 11.2 Å². The Bertz CT molecular complexity index is 46.2. The molecule has 0 amide bonds. The van der Waals surface area contributed by atoms with Crippen LogP contribution in [0.2, 0.25) is 0 Å². The van der Waals surface area contributed by atoms with Crippen LogP contribution >= 0.6 is 0 Å². The van der Waals surface area contributed by atoms with E-state index in [2.05, 4.69) is 10.2 Å². The zero-order valence-corrected chi connectivity index (χ0v) is 5.47. The van der Waals surface area contributed by atoms with Crippen molar-refractivity contribution in [2.75, 3.05) is 26.3 Å². The van der Waals surface area contributed by atoms with E-state index in [1.54, 1.807) is 0 Å². The van der Waals surface area contributed by atoms with Crippen LogP contribution in [0.1, 0.15) is 6.42 Å². The summed E-state index contributed by atoms with van der Waals surface area (Å²) in [6, 6.07) is 0. The molecule has 0 atom stereocenters. The predicted octanol–water partition coefficient (Wildman–Crippen LogP) is -1.15. The summed E-state index contributed by atoms with van der Waals surface area (Å²) in [5.41, 5.74) is 0. The SMILES string of the molecule is NOCCNCCCO. The van der Waals surface area contributed by atoms with E-state index in [0.29, 0.717) is 6.61 Å². The van der Waals surface area contributed by atoms with Crippen molar-refractivity contribution in [3.63, 3.8) is 0 Å². The maximum Gasteiger partial charge on any atom is 0.0803 e. The zero-order chi connectivity index (χ0) is 6.95. The molecule has 0 aromatic rings. The molecule has 4 nitrogen and oxygen atoms in total. The summed E-state index contributed by atoms with van der Waals surface area (Å²) >= 11 is 0. The lowest BCUT2D eigenvalue weighted by Gasteiger charge is -1.99. The summed E-state index contributed by atoms with van der Waals surface area (Å²) in [6.07, 6.45) is 0.782. The van der Waals surface area contributed by atoms with Gasteiger partial charge in [-0.05, 0) is 13.0 Å². The third kappa shape index (κ3) is 7.84. The number of rotatable bonds is 6. The van der Waals surface area contributed by atoms with Gasteiger partial charge in [0.25, 0.3) is 0 Å². The molecule has 0 aliphatic carbocycles. The van der Waals surface area contributed by atoms with Crippen molar-refractivity contribution >= 4 is 0 Å². The van der Waals surface area contributed by atoms with E-state index in [1.165, 1.54) is 0 Å². The summed E-state index contributed by atoms with van der Waals surface area (Å²) in [4.78, 5) is 4.30. The summed E-state index contributed by atoms with van der Waals surface area (Å²) in [6.45, 7) is 2.32. The van der Waals surface area contributed by atoms with Gasteiger partial charge in [0.2, 0.25) is 0 Å². The highest BCUT2D eigenvalue weighted by Crippen LogP contribution is 1.70. The molecule has 0 saturated heterocycles. The van der Waals surface area contributed by atoms with Gasteiger partial charge in [0, 0.05) is 13.2 Å². The van der Waals surface area contributed by atoms with Gasteiger partial charge >= 0.3 is 0 Å². The average molecular weight is 134 g/mol. The Kier molecular flexibility index (Phi) is 7.70. The monoisotopic (exact) mass is 134 g/mol. The number of aliphatic hydroxyl groups excluding tert-OH is 1. The molecule has 0 aliphatic rings. The van der Waals surface area contributed by atoms with E-state index in [0.717, 1.165) is 19.5 Å². The summed E-state index contributed by atoms with van der Waals surface area (Å²) in [5.74, 6) is 4.75. The van der Waals surface area contributed by atoms with Gasteiger partial charge in [-0.1, -0.05) is 0 Å². The van der Waals surface area contributed by atoms with Crippen molar-refractivity contribution in [3.05, 3.63) is 0 Å². The van der Waals surface area contributed by atoms with Gasteiger partial charge in [-0.25, -0.2) is 5.90 Å². The van der Waals surface area contributed by atoms with Gasteiger partial charge in [-0.15, -0.1) is 0 Å². The standard InChI is InChI=1S/C5H14N2O2/c6-9-5-3-7-2-1-4-8/h7-8H,1-6H2. The first kappa shape index (κ1) is 8.84. The van der Waals surface area contributed by atoms with Gasteiger partial charge in [0.15, 0.2) is 0 Å². The zero-order valence-electron chi connectivity index (χ0n) is 5.47. The van der Waals surface area contributed by atoms with E-state index in [9.17, 15) is 0 Å². The molecule has 0 radical (unpaired) electrons. The Morgan fingerprint density at radius 3 is 2.78 bits per heavy atom. The van der Waals surface area contributed by atoms with Crippen molar-refractivity contribution in [3.8, 4) is 0 Å². The van der Waals surface area contributed by atoms with Crippen molar-refractivity contribution in [1.82, 2.24) is 5.32 Å². The number of nitrogens with one attached hydrogen (secondary N) is 1. The Balaban J connectivity index is 2.60. The third-order valence-corrected chi connectivity index (χ3v) is 0.908. The fourth-order valence-electron chi connectivity index (χ4n) is 0.460. The van der Waals surface area contributed by atoms with Gasteiger partial charge in [0.05, 0.1) is 6.61 Å². The average Bonchev–Trinajstić information content (AvgIpc) is 1.89. The lowest BCUT2D eigenvalue weighted by atomic mass is 10.4. The summed E-state index contributed by atoms with van der Waals surface area (Å²) in [7, 11) is 0. The van der Waals surface area contributed by atoms with Crippen molar-refractivity contribution in [1.29, 1.82) is 0 Å². The van der Waals surface area contributed by atoms with Crippen molar-refractivity contribution in [2.45, 2.75) is 6.42 Å². The molecule has 0 spiro atoms. The Hall–Kier alpha value is -0.160. The summed E-state index contributed by atoms with van der Waals surface area (Å²) in [5, 5.41) is 11.3. The number of hydrogen-bond acceptors (Lipinski definition) is 4. The third-order valence-electron chi connectivity index (χ3n) is 0.908. The molecular formula is C5H14N2O2. The van der Waals surface area contributed by atoms with Crippen LogP contribution in [-0.2, 0) is 4.84 Å². The fourth-order valence-corrected chi connectivity index (χ4v) is 0.460. The van der Waals surface area contributed by atoms with Crippen LogP contribution in [0.25, 0.3) is 0 Å². The molecule has 0 saturated carbocycles.